The van der Waals surface area contributed by atoms with Crippen LogP contribution in [0.1, 0.15) is 72.2 Å². The summed E-state index contributed by atoms with van der Waals surface area (Å²) in [4.78, 5) is 19.8. The molecule has 5 fully saturated rings. The summed E-state index contributed by atoms with van der Waals surface area (Å²) < 4.78 is 29.1. The van der Waals surface area contributed by atoms with Crippen molar-refractivity contribution in [3.8, 4) is 12.1 Å². The quantitative estimate of drug-likeness (QED) is 0.0332. The molecular weight excluding hydrogens is 1610 g/mol. The van der Waals surface area contributed by atoms with E-state index in [-0.39, 0.29) is 73.6 Å². The first-order valence-corrected chi connectivity index (χ1v) is 44.8. The van der Waals surface area contributed by atoms with Crippen molar-refractivity contribution in [2.75, 3.05) is 157 Å². The van der Waals surface area contributed by atoms with Gasteiger partial charge in [0.05, 0.1) is 43.5 Å². The maximum Gasteiger partial charge on any atom is 0.264 e. The van der Waals surface area contributed by atoms with Gasteiger partial charge in [-0.1, -0.05) is 263 Å². The number of halogens is 4. The molecule has 0 aliphatic carbocycles. The zero-order valence-corrected chi connectivity index (χ0v) is 76.5. The Hall–Kier alpha value is -6.79. The predicted octanol–water partition coefficient (Wildman–Crippen LogP) is -4.97. The van der Waals surface area contributed by atoms with E-state index in [2.05, 4.69) is 307 Å². The fourth-order valence-electron chi connectivity index (χ4n) is 16.4. The molecule has 0 aromatic heterocycles. The molecule has 25 heteroatoms. The average molecular weight is 1760 g/mol. The van der Waals surface area contributed by atoms with Gasteiger partial charge in [-0.2, -0.15) is 18.9 Å². The molecule has 5 aliphatic rings. The Morgan fingerprint density at radius 1 is 0.388 bits per heavy atom. The molecule has 0 bridgehead atoms. The van der Waals surface area contributed by atoms with E-state index in [1.54, 1.807) is 6.07 Å². The molecule has 0 unspecified atom stereocenters. The van der Waals surface area contributed by atoms with Crippen LogP contribution >= 0.6 is 0 Å². The first-order valence-electron chi connectivity index (χ1n) is 43.0. The lowest BCUT2D eigenvalue weighted by Gasteiger charge is -2.38. The van der Waals surface area contributed by atoms with Crippen LogP contribution in [0.25, 0.3) is 0 Å². The maximum absolute atomic E-state index is 11.8. The highest BCUT2D eigenvalue weighted by Gasteiger charge is 2.33. The highest BCUT2D eigenvalue weighted by molar-refractivity contribution is 7.86. The van der Waals surface area contributed by atoms with Crippen molar-refractivity contribution >= 4 is 10.1 Å². The van der Waals surface area contributed by atoms with E-state index >= 15 is 0 Å². The number of nitrogens with two attached hydrogens (primary N) is 5. The van der Waals surface area contributed by atoms with Crippen molar-refractivity contribution in [2.45, 2.75) is 98.2 Å². The van der Waals surface area contributed by atoms with Gasteiger partial charge in [0.25, 0.3) is 10.1 Å². The second kappa shape index (κ2) is 60.7. The summed E-state index contributed by atoms with van der Waals surface area (Å²) in [5, 5.41) is 21.7. The summed E-state index contributed by atoms with van der Waals surface area (Å²) in [5.41, 5.74) is 37.4. The Morgan fingerprint density at radius 2 is 0.645 bits per heavy atom. The Kier molecular flexibility index (Phi) is 53.5. The van der Waals surface area contributed by atoms with Gasteiger partial charge < -0.3 is 88.9 Å². The Bertz CT molecular complexity index is 4000. The standard InChI is InChI=1S/C22H31N3.C22H27N3.C22H30N2O3S.C21H30N4.C7H18N4.C2H3N.4ClH/c2*1-19-15-24(16-20-8-4-2-5-9-20)12-13-25(18-22(19)14-23)17-21-10-6-3-7-11-21;1-19-15-23(16-20-9-5-3-6-10-20)13-14-24(17-21-11-7-4-8-12-21)18-22(19)27-28(2,25)26;22-13-20-16-24(14-18-7-3-1-4-8-18)11-12-25(17-21(20)23)15-19-9-5-2-6-10-19;8-3-6-4-10-1-2-11-5-7(6)9;1-2-3;;;;/h2-11,19,22H,12-18,23H2,1H3;2-11,19,22H,12-13,15-18H2,1H3;3-12,19,22H,13-18H2,1-2H3;1-10,20-21H,11-17,22-23H2;6-7,10-11H,1-5,8-9H2;1H3;4*1H/t2*19-,22-;19-,22+;20-,21-;6-,7-;;;;;/m00000...../s1. The van der Waals surface area contributed by atoms with E-state index in [1.807, 2.05) is 24.3 Å². The summed E-state index contributed by atoms with van der Waals surface area (Å²) in [6.45, 7) is 38.5. The molecule has 0 radical (unpaired) electrons. The van der Waals surface area contributed by atoms with E-state index in [0.717, 1.165) is 176 Å². The third-order valence-corrected chi connectivity index (χ3v) is 23.9. The van der Waals surface area contributed by atoms with E-state index in [1.165, 1.54) is 77.6 Å². The zero-order chi connectivity index (χ0) is 83.3. The molecule has 121 heavy (non-hydrogen) atoms. The van der Waals surface area contributed by atoms with Crippen LogP contribution in [0.15, 0.2) is 243 Å². The number of nitrogens with zero attached hydrogens (tertiary/aromatic N) is 10. The summed E-state index contributed by atoms with van der Waals surface area (Å²) in [6, 6.07) is 89.8. The molecule has 0 spiro atoms. The van der Waals surface area contributed by atoms with Crippen molar-refractivity contribution in [1.82, 2.24) is 39.2 Å². The Labute approximate surface area is 752 Å². The van der Waals surface area contributed by atoms with Gasteiger partial charge in [0, 0.05) is 176 Å². The van der Waals surface area contributed by atoms with Gasteiger partial charge in [-0.25, -0.2) is 0 Å². The molecule has 13 rings (SSSR count). The third-order valence-electron chi connectivity index (χ3n) is 23.3. The Balaban J connectivity index is 0.000000318. The summed E-state index contributed by atoms with van der Waals surface area (Å²) in [6.07, 6.45) is 0.791. The molecule has 8 aromatic carbocycles. The molecule has 0 saturated carbocycles. The van der Waals surface area contributed by atoms with Crippen LogP contribution in [0.4, 0.5) is 0 Å². The van der Waals surface area contributed by atoms with Gasteiger partial charge in [0.1, 0.15) is 31.6 Å². The van der Waals surface area contributed by atoms with Crippen molar-refractivity contribution in [3.05, 3.63) is 287 Å². The molecule has 5 aliphatic heterocycles. The predicted molar refractivity (Wildman–Crippen MR) is 476 cm³/mol. The van der Waals surface area contributed by atoms with Crippen molar-refractivity contribution in [1.29, 1.82) is 10.5 Å². The molecule has 8 aromatic rings. The largest absolute Gasteiger partial charge is 1.00 e. The van der Waals surface area contributed by atoms with E-state index in [0.29, 0.717) is 42.8 Å². The monoisotopic (exact) mass is 1750 g/mol. The number of benzene rings is 8. The molecule has 0 amide bonds. The van der Waals surface area contributed by atoms with Crippen LogP contribution < -0.4 is 88.9 Å². The van der Waals surface area contributed by atoms with Gasteiger partial charge in [0.2, 0.25) is 0 Å². The van der Waals surface area contributed by atoms with Crippen LogP contribution in [-0.4, -0.2) is 223 Å². The van der Waals surface area contributed by atoms with Crippen molar-refractivity contribution in [3.63, 3.8) is 0 Å². The van der Waals surface area contributed by atoms with Crippen LogP contribution in [-0.2, 0) is 66.7 Å². The molecule has 20 nitrogen and oxygen atoms in total. The third kappa shape index (κ3) is 41.7. The second-order valence-corrected chi connectivity index (χ2v) is 34.7. The SMILES string of the molecule is CC#N.C[C@H]1CN(Cc2ccccc2)CCN(Cc2ccccc2)C[C@@H]1C#N.C[C@H]1CN(Cc2ccccc2)CCN(Cc2ccccc2)C[C@@H]1CN.C[C@H]1CN(Cc2ccccc2)CCN(Cc2ccccc2)C[C@H]1OS(C)(=O)=O.NC[C@H]1CN(Cc2ccccc2)CCN(Cc2ccccc2)C[C@@H]1N.[Cl-].[Cl-].[Cl-].[Cl-].[NH3+]C[C@H]1C[NH2+]CC[NH2+]C[C@@H]1[NH3+]. The van der Waals surface area contributed by atoms with Gasteiger partial charge in [0.15, 0.2) is 0 Å². The number of hydrogen-bond donors (Lipinski definition) is 7. The highest BCUT2D eigenvalue weighted by Crippen LogP contribution is 2.25. The molecule has 5 heterocycles. The minimum atomic E-state index is -3.50. The topological polar surface area (TPSA) is 283 Å². The normalized spacial score (nSPS) is 22.6. The minimum Gasteiger partial charge on any atom is -1.00 e. The Morgan fingerprint density at radius 3 is 0.934 bits per heavy atom. The highest BCUT2D eigenvalue weighted by atomic mass is 35.5. The number of rotatable bonds is 21. The lowest BCUT2D eigenvalue weighted by molar-refractivity contribution is -0.755. The van der Waals surface area contributed by atoms with Gasteiger partial charge in [-0.15, -0.1) is 0 Å². The maximum atomic E-state index is 11.8. The first kappa shape index (κ1) is 107. The summed E-state index contributed by atoms with van der Waals surface area (Å²) in [7, 11) is -3.50. The number of hydrogen-bond acceptors (Lipinski definition) is 16. The fourth-order valence-corrected chi connectivity index (χ4v) is 17.1. The van der Waals surface area contributed by atoms with Crippen molar-refractivity contribution < 1.29 is 84.3 Å². The molecule has 16 N–H and O–H groups in total. The molecule has 5 saturated heterocycles. The zero-order valence-electron chi connectivity index (χ0n) is 72.7. The minimum absolute atomic E-state index is 0. The van der Waals surface area contributed by atoms with Crippen molar-refractivity contribution in [2.24, 2.45) is 58.6 Å². The van der Waals surface area contributed by atoms with Crippen LogP contribution in [0.5, 0.6) is 0 Å². The molecule has 10 atom stereocenters. The van der Waals surface area contributed by atoms with Crippen LogP contribution in [0.3, 0.4) is 0 Å². The van der Waals surface area contributed by atoms with Crippen LogP contribution in [0, 0.1) is 64.1 Å². The van der Waals surface area contributed by atoms with Gasteiger partial charge in [-0.05, 0) is 81.3 Å². The number of quaternary nitrogens is 4. The lowest BCUT2D eigenvalue weighted by atomic mass is 9.91. The van der Waals surface area contributed by atoms with E-state index in [9.17, 15) is 13.7 Å². The molecular formula is C96H143Cl4N17O3S. The first-order chi connectivity index (χ1) is 56.9. The summed E-state index contributed by atoms with van der Waals surface area (Å²) in [5.74, 6) is 2.81. The van der Waals surface area contributed by atoms with E-state index < -0.39 is 10.1 Å². The fraction of sp³-hybridized carbons (Fsp3) is 0.479. The van der Waals surface area contributed by atoms with Gasteiger partial charge >= 0.3 is 0 Å². The van der Waals surface area contributed by atoms with Gasteiger partial charge in [-0.3, -0.25) is 43.4 Å². The summed E-state index contributed by atoms with van der Waals surface area (Å²) >= 11 is 0. The smallest absolute Gasteiger partial charge is 0.264 e. The average Bonchev–Trinajstić information content (AvgIpc) is 0.831. The van der Waals surface area contributed by atoms with E-state index in [4.69, 9.17) is 26.6 Å². The number of nitriles is 2. The second-order valence-electron chi connectivity index (χ2n) is 33.1. The lowest BCUT2D eigenvalue weighted by Crippen LogP contribution is -3.02. The van der Waals surface area contributed by atoms with Crippen LogP contribution in [0.2, 0.25) is 0 Å². The molecule has 664 valence electrons.